The zero-order chi connectivity index (χ0) is 13.4. The predicted octanol–water partition coefficient (Wildman–Crippen LogP) is 3.07. The van der Waals surface area contributed by atoms with Crippen molar-refractivity contribution >= 4 is 5.82 Å². The van der Waals surface area contributed by atoms with Crippen molar-refractivity contribution in [3.8, 4) is 0 Å². The third-order valence-electron chi connectivity index (χ3n) is 3.39. The highest BCUT2D eigenvalue weighted by Gasteiger charge is 2.10. The lowest BCUT2D eigenvalue weighted by Crippen LogP contribution is -2.30. The molecule has 0 aliphatic rings. The maximum absolute atomic E-state index is 5.95. The summed E-state index contributed by atoms with van der Waals surface area (Å²) in [4.78, 5) is 4.18. The molecule has 0 bridgehead atoms. The van der Waals surface area contributed by atoms with Gasteiger partial charge in [0.1, 0.15) is 5.82 Å². The summed E-state index contributed by atoms with van der Waals surface area (Å²) in [6, 6.07) is 2.65. The van der Waals surface area contributed by atoms with Gasteiger partial charge in [0.25, 0.3) is 0 Å². The van der Waals surface area contributed by atoms with Crippen LogP contribution in [-0.4, -0.2) is 17.6 Å². The molecule has 0 spiro atoms. The van der Waals surface area contributed by atoms with Gasteiger partial charge in [-0.3, -0.25) is 0 Å². The number of rotatable bonds is 8. The van der Waals surface area contributed by atoms with Gasteiger partial charge in [-0.15, -0.1) is 0 Å². The van der Waals surface area contributed by atoms with Crippen LogP contribution in [-0.2, 0) is 6.42 Å². The molecule has 0 fully saturated rings. The van der Waals surface area contributed by atoms with Gasteiger partial charge in [0.15, 0.2) is 0 Å². The highest BCUT2D eigenvalue weighted by molar-refractivity contribution is 5.43. The van der Waals surface area contributed by atoms with E-state index < -0.39 is 0 Å². The molecule has 0 saturated heterocycles. The highest BCUT2D eigenvalue weighted by atomic mass is 14.9. The molecule has 3 nitrogen and oxygen atoms in total. The van der Waals surface area contributed by atoms with Gasteiger partial charge in [-0.25, -0.2) is 4.98 Å². The average Bonchev–Trinajstić information content (AvgIpc) is 2.35. The Kier molecular flexibility index (Phi) is 6.73. The first kappa shape index (κ1) is 15.0. The molecular weight excluding hydrogens is 222 g/mol. The van der Waals surface area contributed by atoms with Gasteiger partial charge >= 0.3 is 0 Å². The second-order valence-corrected chi connectivity index (χ2v) is 4.97. The van der Waals surface area contributed by atoms with E-state index in [-0.39, 0.29) is 0 Å². The summed E-state index contributed by atoms with van der Waals surface area (Å²) in [5.74, 6) is 0.695. The molecule has 1 aromatic rings. The number of aryl methyl sites for hydroxylation is 1. The molecule has 3 N–H and O–H groups in total. The molecule has 0 aromatic carbocycles. The third kappa shape index (κ3) is 4.65. The zero-order valence-corrected chi connectivity index (χ0v) is 12.0. The Labute approximate surface area is 111 Å². The van der Waals surface area contributed by atoms with Crippen molar-refractivity contribution in [2.75, 3.05) is 12.3 Å². The maximum Gasteiger partial charge on any atom is 0.126 e. The molecule has 0 saturated carbocycles. The summed E-state index contributed by atoms with van der Waals surface area (Å²) in [6.07, 6.45) is 7.60. The van der Waals surface area contributed by atoms with Gasteiger partial charge in [-0.1, -0.05) is 20.3 Å². The zero-order valence-electron chi connectivity index (χ0n) is 12.0. The van der Waals surface area contributed by atoms with E-state index in [4.69, 9.17) is 5.73 Å². The Balaban J connectivity index is 2.55. The van der Waals surface area contributed by atoms with Crippen LogP contribution < -0.4 is 11.1 Å². The van der Waals surface area contributed by atoms with Crippen LogP contribution in [0.2, 0.25) is 0 Å². The van der Waals surface area contributed by atoms with Crippen LogP contribution in [0.4, 0.5) is 5.82 Å². The van der Waals surface area contributed by atoms with Crippen molar-refractivity contribution in [2.24, 2.45) is 0 Å². The monoisotopic (exact) mass is 249 g/mol. The summed E-state index contributed by atoms with van der Waals surface area (Å²) in [6.45, 7) is 7.66. The smallest absolute Gasteiger partial charge is 0.126 e. The third-order valence-corrected chi connectivity index (χ3v) is 3.39. The molecule has 0 radical (unpaired) electrons. The van der Waals surface area contributed by atoms with Crippen LogP contribution in [0.5, 0.6) is 0 Å². The summed E-state index contributed by atoms with van der Waals surface area (Å²) < 4.78 is 0. The van der Waals surface area contributed by atoms with E-state index in [9.17, 15) is 0 Å². The second-order valence-electron chi connectivity index (χ2n) is 4.97. The molecule has 1 unspecified atom stereocenters. The van der Waals surface area contributed by atoms with E-state index in [0.29, 0.717) is 11.9 Å². The molecule has 1 rings (SSSR count). The van der Waals surface area contributed by atoms with Crippen LogP contribution >= 0.6 is 0 Å². The van der Waals surface area contributed by atoms with Gasteiger partial charge in [0.05, 0.1) is 0 Å². The molecule has 102 valence electrons. The molecule has 0 aliphatic carbocycles. The number of aromatic nitrogens is 1. The van der Waals surface area contributed by atoms with Crippen molar-refractivity contribution in [2.45, 2.75) is 58.9 Å². The molecule has 1 aromatic heterocycles. The minimum absolute atomic E-state index is 0.606. The summed E-state index contributed by atoms with van der Waals surface area (Å²) >= 11 is 0. The SMILES string of the molecule is CCCNC(CCC)CCc1c(C)ccnc1N. The minimum Gasteiger partial charge on any atom is -0.383 e. The van der Waals surface area contributed by atoms with E-state index in [2.05, 4.69) is 31.1 Å². The highest BCUT2D eigenvalue weighted by Crippen LogP contribution is 2.17. The van der Waals surface area contributed by atoms with E-state index in [1.165, 1.54) is 30.4 Å². The van der Waals surface area contributed by atoms with Crippen molar-refractivity contribution in [3.63, 3.8) is 0 Å². The van der Waals surface area contributed by atoms with E-state index in [0.717, 1.165) is 19.4 Å². The predicted molar refractivity (Wildman–Crippen MR) is 78.7 cm³/mol. The largest absolute Gasteiger partial charge is 0.383 e. The lowest BCUT2D eigenvalue weighted by molar-refractivity contribution is 0.448. The van der Waals surface area contributed by atoms with Gasteiger partial charge < -0.3 is 11.1 Å². The van der Waals surface area contributed by atoms with Crippen LogP contribution in [0, 0.1) is 6.92 Å². The van der Waals surface area contributed by atoms with Gasteiger partial charge in [-0.2, -0.15) is 0 Å². The van der Waals surface area contributed by atoms with Gasteiger partial charge in [0.2, 0.25) is 0 Å². The first-order valence-electron chi connectivity index (χ1n) is 7.12. The standard InChI is InChI=1S/C15H27N3/c1-4-6-13(17-10-5-2)7-8-14-12(3)9-11-18-15(14)16/h9,11,13,17H,4-8,10H2,1-3H3,(H2,16,18). The number of hydrogen-bond donors (Lipinski definition) is 2. The Bertz CT molecular complexity index is 329. The number of nitrogens with zero attached hydrogens (tertiary/aromatic N) is 1. The van der Waals surface area contributed by atoms with E-state index in [1.54, 1.807) is 6.20 Å². The first-order chi connectivity index (χ1) is 8.69. The number of nitrogens with two attached hydrogens (primary N) is 1. The number of hydrogen-bond acceptors (Lipinski definition) is 3. The average molecular weight is 249 g/mol. The minimum atomic E-state index is 0.606. The fourth-order valence-electron chi connectivity index (χ4n) is 2.30. The Morgan fingerprint density at radius 3 is 2.67 bits per heavy atom. The lowest BCUT2D eigenvalue weighted by Gasteiger charge is -2.18. The molecule has 0 amide bonds. The first-order valence-corrected chi connectivity index (χ1v) is 7.12. The Morgan fingerprint density at radius 1 is 1.28 bits per heavy atom. The molecular formula is C15H27N3. The Hall–Kier alpha value is -1.09. The molecule has 0 aliphatic heterocycles. The fraction of sp³-hybridized carbons (Fsp3) is 0.667. The summed E-state index contributed by atoms with van der Waals surface area (Å²) in [7, 11) is 0. The van der Waals surface area contributed by atoms with Crippen molar-refractivity contribution in [1.29, 1.82) is 0 Å². The number of nitrogens with one attached hydrogen (secondary N) is 1. The quantitative estimate of drug-likeness (QED) is 0.744. The molecule has 1 atom stereocenters. The Morgan fingerprint density at radius 2 is 2.06 bits per heavy atom. The van der Waals surface area contributed by atoms with Crippen molar-refractivity contribution in [1.82, 2.24) is 10.3 Å². The van der Waals surface area contributed by atoms with Crippen LogP contribution in [0.25, 0.3) is 0 Å². The van der Waals surface area contributed by atoms with Crippen molar-refractivity contribution in [3.05, 3.63) is 23.4 Å². The van der Waals surface area contributed by atoms with Gasteiger partial charge in [0, 0.05) is 12.2 Å². The molecule has 18 heavy (non-hydrogen) atoms. The van der Waals surface area contributed by atoms with Crippen molar-refractivity contribution < 1.29 is 0 Å². The summed E-state index contributed by atoms with van der Waals surface area (Å²) in [5, 5.41) is 3.62. The van der Waals surface area contributed by atoms with Crippen LogP contribution in [0.1, 0.15) is 50.7 Å². The maximum atomic E-state index is 5.95. The molecule has 3 heteroatoms. The van der Waals surface area contributed by atoms with E-state index in [1.807, 2.05) is 6.07 Å². The number of nitrogen functional groups attached to an aromatic ring is 1. The van der Waals surface area contributed by atoms with E-state index >= 15 is 0 Å². The number of anilines is 1. The lowest BCUT2D eigenvalue weighted by atomic mass is 9.99. The number of pyridine rings is 1. The molecule has 1 heterocycles. The topological polar surface area (TPSA) is 50.9 Å². The second kappa shape index (κ2) is 8.09. The van der Waals surface area contributed by atoms with Crippen LogP contribution in [0.3, 0.4) is 0 Å². The summed E-state index contributed by atoms with van der Waals surface area (Å²) in [5.41, 5.74) is 8.43. The van der Waals surface area contributed by atoms with Gasteiger partial charge in [-0.05, 0) is 56.3 Å². The van der Waals surface area contributed by atoms with Crippen LogP contribution in [0.15, 0.2) is 12.3 Å². The fourth-order valence-corrected chi connectivity index (χ4v) is 2.30. The normalized spacial score (nSPS) is 12.6.